The molecule has 1 aromatic heterocycles. The molecule has 2 aromatic rings. The van der Waals surface area contributed by atoms with Gasteiger partial charge < -0.3 is 10.0 Å². The minimum atomic E-state index is -0.723. The number of aromatic nitrogens is 4. The molecule has 2 aliphatic rings. The molecular formula is C19H25N7O2. The third-order valence-electron chi connectivity index (χ3n) is 5.70. The first-order valence-electron chi connectivity index (χ1n) is 9.59. The zero-order valence-corrected chi connectivity index (χ0v) is 16.0. The van der Waals surface area contributed by atoms with Crippen LogP contribution in [0.25, 0.3) is 0 Å². The summed E-state index contributed by atoms with van der Waals surface area (Å²) in [7, 11) is 1.94. The van der Waals surface area contributed by atoms with Crippen molar-refractivity contribution in [2.45, 2.75) is 43.9 Å². The van der Waals surface area contributed by atoms with E-state index in [9.17, 15) is 9.90 Å². The van der Waals surface area contributed by atoms with Crippen LogP contribution in [0.1, 0.15) is 41.6 Å². The van der Waals surface area contributed by atoms with Crippen molar-refractivity contribution in [3.8, 4) is 0 Å². The van der Waals surface area contributed by atoms with Crippen molar-refractivity contribution >= 4 is 12.1 Å². The third-order valence-corrected chi connectivity index (χ3v) is 5.70. The second kappa shape index (κ2) is 7.67. The van der Waals surface area contributed by atoms with Crippen molar-refractivity contribution in [1.29, 1.82) is 0 Å². The highest BCUT2D eigenvalue weighted by Gasteiger charge is 2.37. The average molecular weight is 383 g/mol. The molecule has 1 saturated heterocycles. The minimum Gasteiger partial charge on any atom is -0.390 e. The second-order valence-electron chi connectivity index (χ2n) is 7.69. The number of aliphatic hydroxyl groups is 1. The van der Waals surface area contributed by atoms with Gasteiger partial charge in [0.15, 0.2) is 0 Å². The van der Waals surface area contributed by atoms with Gasteiger partial charge in [-0.05, 0) is 47.4 Å². The Morgan fingerprint density at radius 2 is 2.00 bits per heavy atom. The predicted molar refractivity (Wildman–Crippen MR) is 103 cm³/mol. The van der Waals surface area contributed by atoms with Crippen molar-refractivity contribution in [2.75, 3.05) is 20.1 Å². The molecule has 3 heterocycles. The molecule has 4 rings (SSSR count). The highest BCUT2D eigenvalue weighted by atomic mass is 16.3. The second-order valence-corrected chi connectivity index (χ2v) is 7.69. The molecule has 9 heteroatoms. The van der Waals surface area contributed by atoms with Crippen LogP contribution in [0.4, 0.5) is 0 Å². The number of hydrogen-bond donors (Lipinski definition) is 1. The van der Waals surface area contributed by atoms with Crippen LogP contribution in [0.3, 0.4) is 0 Å². The lowest BCUT2D eigenvalue weighted by Crippen LogP contribution is -2.49. The molecule has 2 aliphatic heterocycles. The summed E-state index contributed by atoms with van der Waals surface area (Å²) in [5, 5.41) is 28.2. The van der Waals surface area contributed by atoms with Gasteiger partial charge in [0.25, 0.3) is 5.91 Å². The van der Waals surface area contributed by atoms with E-state index in [4.69, 9.17) is 0 Å². The summed E-state index contributed by atoms with van der Waals surface area (Å²) in [5.41, 5.74) is 0.966. The van der Waals surface area contributed by atoms with Gasteiger partial charge in [0.1, 0.15) is 6.33 Å². The zero-order valence-electron chi connectivity index (χ0n) is 16.0. The van der Waals surface area contributed by atoms with Gasteiger partial charge in [0.05, 0.1) is 18.2 Å². The minimum absolute atomic E-state index is 0.0114. The molecule has 1 fully saturated rings. The van der Waals surface area contributed by atoms with E-state index in [2.05, 4.69) is 20.6 Å². The third kappa shape index (κ3) is 4.04. The van der Waals surface area contributed by atoms with Gasteiger partial charge in [-0.15, -0.1) is 5.10 Å². The van der Waals surface area contributed by atoms with Crippen molar-refractivity contribution in [1.82, 2.24) is 30.1 Å². The summed E-state index contributed by atoms with van der Waals surface area (Å²) < 4.78 is 1.63. The van der Waals surface area contributed by atoms with Crippen LogP contribution in [0, 0.1) is 0 Å². The van der Waals surface area contributed by atoms with E-state index in [0.717, 1.165) is 12.0 Å². The van der Waals surface area contributed by atoms with Gasteiger partial charge in [0, 0.05) is 38.3 Å². The van der Waals surface area contributed by atoms with Gasteiger partial charge in [-0.1, -0.05) is 12.1 Å². The van der Waals surface area contributed by atoms with E-state index in [1.54, 1.807) is 11.0 Å². The molecule has 1 amide bonds. The molecular weight excluding hydrogens is 358 g/mol. The number of carbonyl (C=O) groups is 1. The summed E-state index contributed by atoms with van der Waals surface area (Å²) in [6.45, 7) is 1.70. The Morgan fingerprint density at radius 3 is 2.61 bits per heavy atom. The lowest BCUT2D eigenvalue weighted by atomic mass is 9.84. The maximum Gasteiger partial charge on any atom is 0.253 e. The number of benzene rings is 1. The maximum absolute atomic E-state index is 12.8. The SMILES string of the molecule is CN1N=CCC1CC1(O)CCN(C(=O)c2ccc(Cn3cnnn3)cc2)CC1. The molecule has 0 bridgehead atoms. The van der Waals surface area contributed by atoms with Crippen LogP contribution in [0.5, 0.6) is 0 Å². The van der Waals surface area contributed by atoms with Crippen LogP contribution in [-0.2, 0) is 6.54 Å². The maximum atomic E-state index is 12.8. The van der Waals surface area contributed by atoms with Gasteiger partial charge in [-0.3, -0.25) is 9.80 Å². The van der Waals surface area contributed by atoms with Crippen molar-refractivity contribution < 1.29 is 9.90 Å². The van der Waals surface area contributed by atoms with Crippen LogP contribution in [0.2, 0.25) is 0 Å². The Bertz CT molecular complexity index is 826. The van der Waals surface area contributed by atoms with E-state index in [-0.39, 0.29) is 11.9 Å². The predicted octanol–water partition coefficient (Wildman–Crippen LogP) is 0.768. The Balaban J connectivity index is 1.32. The van der Waals surface area contributed by atoms with Crippen LogP contribution in [0.15, 0.2) is 35.7 Å². The largest absolute Gasteiger partial charge is 0.390 e. The van der Waals surface area contributed by atoms with E-state index in [1.807, 2.05) is 47.4 Å². The van der Waals surface area contributed by atoms with Crippen LogP contribution < -0.4 is 0 Å². The molecule has 28 heavy (non-hydrogen) atoms. The quantitative estimate of drug-likeness (QED) is 0.819. The number of piperidine rings is 1. The zero-order chi connectivity index (χ0) is 19.6. The van der Waals surface area contributed by atoms with Crippen molar-refractivity contribution in [2.24, 2.45) is 5.10 Å². The number of hydrazone groups is 1. The topological polar surface area (TPSA) is 99.7 Å². The lowest BCUT2D eigenvalue weighted by Gasteiger charge is -2.40. The fraction of sp³-hybridized carbons (Fsp3) is 0.526. The first kappa shape index (κ1) is 18.5. The molecule has 0 saturated carbocycles. The van der Waals surface area contributed by atoms with Crippen molar-refractivity contribution in [3.63, 3.8) is 0 Å². The van der Waals surface area contributed by atoms with Gasteiger partial charge in [-0.2, -0.15) is 5.10 Å². The smallest absolute Gasteiger partial charge is 0.253 e. The number of nitrogens with zero attached hydrogens (tertiary/aromatic N) is 7. The summed E-state index contributed by atoms with van der Waals surface area (Å²) >= 11 is 0. The van der Waals surface area contributed by atoms with Crippen LogP contribution >= 0.6 is 0 Å². The molecule has 0 aliphatic carbocycles. The molecule has 0 spiro atoms. The Hall–Kier alpha value is -2.81. The number of hydrogen-bond acceptors (Lipinski definition) is 7. The Labute approximate surface area is 163 Å². The summed E-state index contributed by atoms with van der Waals surface area (Å²) in [6, 6.07) is 7.78. The fourth-order valence-corrected chi connectivity index (χ4v) is 3.90. The van der Waals surface area contributed by atoms with E-state index in [0.29, 0.717) is 44.5 Å². The standard InChI is InChI=1S/C19H25N7O2/c1-24-17(6-9-21-24)12-19(28)7-10-25(11-8-19)18(27)16-4-2-15(3-5-16)13-26-14-20-22-23-26/h2-5,9,14,17,28H,6-8,10-13H2,1H3. The molecule has 1 atom stereocenters. The molecule has 9 nitrogen and oxygen atoms in total. The summed E-state index contributed by atoms with van der Waals surface area (Å²) in [6.07, 6.45) is 6.22. The first-order chi connectivity index (χ1) is 13.5. The van der Waals surface area contributed by atoms with E-state index < -0.39 is 5.60 Å². The normalized spacial score (nSPS) is 21.3. The lowest BCUT2D eigenvalue weighted by molar-refractivity contribution is -0.0368. The van der Waals surface area contributed by atoms with Gasteiger partial charge in [0.2, 0.25) is 0 Å². The Kier molecular flexibility index (Phi) is 5.08. The number of carbonyl (C=O) groups excluding carboxylic acids is 1. The molecule has 0 radical (unpaired) electrons. The van der Waals surface area contributed by atoms with Gasteiger partial charge in [-0.25, -0.2) is 4.68 Å². The highest BCUT2D eigenvalue weighted by Crippen LogP contribution is 2.30. The van der Waals surface area contributed by atoms with Crippen molar-refractivity contribution in [3.05, 3.63) is 41.7 Å². The highest BCUT2D eigenvalue weighted by molar-refractivity contribution is 5.94. The number of rotatable bonds is 5. The molecule has 1 aromatic carbocycles. The molecule has 1 N–H and O–H groups in total. The fourth-order valence-electron chi connectivity index (χ4n) is 3.90. The number of likely N-dealkylation sites (tertiary alicyclic amines) is 1. The first-order valence-corrected chi connectivity index (χ1v) is 9.59. The van der Waals surface area contributed by atoms with E-state index in [1.165, 1.54) is 0 Å². The monoisotopic (exact) mass is 383 g/mol. The van der Waals surface area contributed by atoms with E-state index >= 15 is 0 Å². The summed E-state index contributed by atoms with van der Waals surface area (Å²) in [5.74, 6) is 0.0114. The Morgan fingerprint density at radius 1 is 1.25 bits per heavy atom. The summed E-state index contributed by atoms with van der Waals surface area (Å²) in [4.78, 5) is 14.6. The molecule has 1 unspecified atom stereocenters. The van der Waals surface area contributed by atoms with Crippen LogP contribution in [-0.4, -0.2) is 79.1 Å². The molecule has 148 valence electrons. The number of amides is 1. The average Bonchev–Trinajstić information content (AvgIpc) is 3.34. The van der Waals surface area contributed by atoms with Gasteiger partial charge >= 0.3 is 0 Å². The number of tetrazole rings is 1.